The van der Waals surface area contributed by atoms with Crippen molar-refractivity contribution in [2.24, 2.45) is 5.92 Å². The summed E-state index contributed by atoms with van der Waals surface area (Å²) in [5.74, 6) is -3.10. The fraction of sp³-hybridized carbons (Fsp3) is 0.391. The molecular formula is C46H49ClF2N8O7S. The van der Waals surface area contributed by atoms with Crippen LogP contribution in [0.3, 0.4) is 0 Å². The number of alkyl halides is 2. The molecule has 0 unspecified atom stereocenters. The highest BCUT2D eigenvalue weighted by Crippen LogP contribution is 2.43. The monoisotopic (exact) mass is 930 g/mol. The molecule has 0 atom stereocenters. The zero-order valence-electron chi connectivity index (χ0n) is 35.5. The standard InChI is InChI=1S/C46H49ClF2N8O7S/c47-34-4-2-31(3-5-34)38-27-46(48,49)14-10-33(38)29-54-17-19-55(20-18-54)35-6-8-37(40(25-35)56-16-1-21-64-45-42(56)24-32-11-15-50-43(32)52-45)44(58)53-65(61,62)36-7-9-39(41(26-36)57(59)60)51-28-30-12-22-63-23-13-30/h2-9,11,15,24-26,30,51H,1,10,12-14,16-23,27-29H2,(H,50,52)(H,53,58). The molecule has 2 fully saturated rings. The maximum absolute atomic E-state index is 14.7. The predicted molar refractivity (Wildman–Crippen MR) is 245 cm³/mol. The summed E-state index contributed by atoms with van der Waals surface area (Å²) in [5, 5.41) is 16.6. The van der Waals surface area contributed by atoms with Crippen LogP contribution in [0.25, 0.3) is 16.6 Å². The van der Waals surface area contributed by atoms with Gasteiger partial charge < -0.3 is 29.6 Å². The molecule has 1 amide bonds. The van der Waals surface area contributed by atoms with Crippen LogP contribution in [0, 0.1) is 16.0 Å². The first-order valence-electron chi connectivity index (χ1n) is 21.8. The highest BCUT2D eigenvalue weighted by Gasteiger charge is 2.37. The largest absolute Gasteiger partial charge is 0.476 e. The number of nitro groups is 1. The van der Waals surface area contributed by atoms with Crippen LogP contribution in [-0.4, -0.2) is 106 Å². The van der Waals surface area contributed by atoms with Gasteiger partial charge in [0, 0.05) is 100 Å². The van der Waals surface area contributed by atoms with Crippen molar-refractivity contribution in [3.05, 3.63) is 111 Å². The summed E-state index contributed by atoms with van der Waals surface area (Å²) in [5.41, 5.74) is 4.65. The second-order valence-corrected chi connectivity index (χ2v) is 19.1. The van der Waals surface area contributed by atoms with Crippen LogP contribution in [-0.2, 0) is 14.8 Å². The Bertz CT molecular complexity index is 2740. The Morgan fingerprint density at radius 1 is 0.969 bits per heavy atom. The van der Waals surface area contributed by atoms with E-state index in [1.54, 1.807) is 42.6 Å². The third kappa shape index (κ3) is 9.90. The number of amides is 1. The number of piperazine rings is 1. The highest BCUT2D eigenvalue weighted by molar-refractivity contribution is 7.90. The Kier molecular flexibility index (Phi) is 12.7. The molecule has 0 saturated carbocycles. The van der Waals surface area contributed by atoms with Gasteiger partial charge in [0.25, 0.3) is 27.5 Å². The van der Waals surface area contributed by atoms with Gasteiger partial charge in [-0.05, 0) is 97.3 Å². The minimum Gasteiger partial charge on any atom is -0.476 e. The van der Waals surface area contributed by atoms with Crippen molar-refractivity contribution in [1.29, 1.82) is 0 Å². The van der Waals surface area contributed by atoms with E-state index in [1.807, 2.05) is 23.1 Å². The first-order valence-corrected chi connectivity index (χ1v) is 23.7. The summed E-state index contributed by atoms with van der Waals surface area (Å²) in [6.45, 7) is 5.51. The molecule has 15 nitrogen and oxygen atoms in total. The number of fused-ring (bicyclic) bond motifs is 2. The molecule has 3 aliphatic heterocycles. The minimum absolute atomic E-state index is 0.0537. The number of nitrogens with zero attached hydrogens (tertiary/aromatic N) is 5. The number of anilines is 4. The molecule has 2 aromatic heterocycles. The van der Waals surface area contributed by atoms with Gasteiger partial charge in [0.1, 0.15) is 17.0 Å². The van der Waals surface area contributed by atoms with Crippen LogP contribution < -0.4 is 24.6 Å². The van der Waals surface area contributed by atoms with Gasteiger partial charge in [-0.25, -0.2) is 21.9 Å². The topological polar surface area (TPSA) is 175 Å². The predicted octanol–water partition coefficient (Wildman–Crippen LogP) is 8.40. The normalized spacial score (nSPS) is 18.5. The third-order valence-electron chi connectivity index (χ3n) is 12.7. The SMILES string of the molecule is O=C(NS(=O)(=O)c1ccc(NCC2CCOCC2)c([N+](=O)[O-])c1)c1ccc(N2CCN(CC3=C(c4ccc(Cl)cc4)CC(F)(F)CC3)CC2)cc1N1CCCOc2nc3[nH]ccc3cc21. The van der Waals surface area contributed by atoms with E-state index in [0.29, 0.717) is 112 Å². The van der Waals surface area contributed by atoms with Gasteiger partial charge in [0.2, 0.25) is 5.88 Å². The summed E-state index contributed by atoms with van der Waals surface area (Å²) in [4.78, 5) is 39.6. The molecule has 9 rings (SSSR count). The number of hydrogen-bond acceptors (Lipinski definition) is 12. The number of H-pyrrole nitrogens is 1. The maximum Gasteiger partial charge on any atom is 0.293 e. The molecule has 0 spiro atoms. The van der Waals surface area contributed by atoms with Crippen LogP contribution in [0.2, 0.25) is 5.02 Å². The van der Waals surface area contributed by atoms with Crippen LogP contribution in [0.15, 0.2) is 89.5 Å². The molecule has 19 heteroatoms. The molecule has 65 heavy (non-hydrogen) atoms. The number of hydrogen-bond donors (Lipinski definition) is 3. The Morgan fingerprint density at radius 2 is 1.75 bits per heavy atom. The second kappa shape index (κ2) is 18.6. The lowest BCUT2D eigenvalue weighted by Gasteiger charge is -2.38. The van der Waals surface area contributed by atoms with E-state index in [4.69, 9.17) is 26.1 Å². The Labute approximate surface area is 379 Å². The summed E-state index contributed by atoms with van der Waals surface area (Å²) in [7, 11) is -4.61. The second-order valence-electron chi connectivity index (χ2n) is 17.0. The molecule has 0 radical (unpaired) electrons. The summed E-state index contributed by atoms with van der Waals surface area (Å²) < 4.78 is 70.9. The number of aromatic amines is 1. The number of aromatic nitrogens is 2. The molecule has 2 saturated heterocycles. The quantitative estimate of drug-likeness (QED) is 0.0806. The van der Waals surface area contributed by atoms with Gasteiger partial charge in [0.05, 0.1) is 27.7 Å². The smallest absolute Gasteiger partial charge is 0.293 e. The van der Waals surface area contributed by atoms with Crippen molar-refractivity contribution in [2.75, 3.05) is 80.8 Å². The summed E-state index contributed by atoms with van der Waals surface area (Å²) in [6, 6.07) is 19.6. The molecule has 342 valence electrons. The zero-order chi connectivity index (χ0) is 45.3. The van der Waals surface area contributed by atoms with E-state index in [9.17, 15) is 32.1 Å². The number of nitro benzene ring substituents is 1. The number of allylic oxidation sites excluding steroid dienone is 1. The van der Waals surface area contributed by atoms with E-state index in [1.165, 1.54) is 12.1 Å². The fourth-order valence-corrected chi connectivity index (χ4v) is 10.2. The lowest BCUT2D eigenvalue weighted by atomic mass is 9.85. The first-order chi connectivity index (χ1) is 31.3. The molecular weight excluding hydrogens is 882 g/mol. The molecule has 1 aliphatic carbocycles. The first kappa shape index (κ1) is 44.4. The number of halogens is 3. The Morgan fingerprint density at radius 3 is 2.52 bits per heavy atom. The van der Waals surface area contributed by atoms with E-state index in [0.717, 1.165) is 41.1 Å². The van der Waals surface area contributed by atoms with Crippen LogP contribution in [0.1, 0.15) is 54.4 Å². The lowest BCUT2D eigenvalue weighted by molar-refractivity contribution is -0.384. The van der Waals surface area contributed by atoms with Crippen molar-refractivity contribution in [2.45, 2.75) is 49.3 Å². The van der Waals surface area contributed by atoms with Gasteiger partial charge >= 0.3 is 0 Å². The number of carbonyl (C=O) groups excluding carboxylic acids is 1. The lowest BCUT2D eigenvalue weighted by Crippen LogP contribution is -2.47. The van der Waals surface area contributed by atoms with Crippen LogP contribution in [0.4, 0.5) is 37.2 Å². The van der Waals surface area contributed by atoms with Crippen molar-refractivity contribution in [3.63, 3.8) is 0 Å². The number of rotatable bonds is 12. The summed E-state index contributed by atoms with van der Waals surface area (Å²) >= 11 is 6.12. The zero-order valence-corrected chi connectivity index (χ0v) is 37.1. The molecule has 3 N–H and O–H groups in total. The Balaban J connectivity index is 0.986. The maximum atomic E-state index is 14.7. The number of carbonyl (C=O) groups is 1. The fourth-order valence-electron chi connectivity index (χ4n) is 9.09. The van der Waals surface area contributed by atoms with Gasteiger partial charge in [-0.3, -0.25) is 19.8 Å². The van der Waals surface area contributed by atoms with E-state index in [-0.39, 0.29) is 30.0 Å². The average Bonchev–Trinajstić information content (AvgIpc) is 3.66. The van der Waals surface area contributed by atoms with Crippen LogP contribution >= 0.6 is 11.6 Å². The summed E-state index contributed by atoms with van der Waals surface area (Å²) in [6.07, 6.45) is 3.73. The van der Waals surface area contributed by atoms with Crippen molar-refractivity contribution in [1.82, 2.24) is 19.6 Å². The highest BCUT2D eigenvalue weighted by atomic mass is 35.5. The Hall–Kier alpha value is -5.82. The molecule has 5 heterocycles. The average molecular weight is 931 g/mol. The molecule has 0 bridgehead atoms. The molecule has 3 aromatic carbocycles. The van der Waals surface area contributed by atoms with Crippen molar-refractivity contribution >= 4 is 72.6 Å². The van der Waals surface area contributed by atoms with E-state index >= 15 is 0 Å². The number of sulfonamides is 1. The van der Waals surface area contributed by atoms with Crippen molar-refractivity contribution < 1.29 is 36.4 Å². The van der Waals surface area contributed by atoms with Gasteiger partial charge in [0.15, 0.2) is 0 Å². The van der Waals surface area contributed by atoms with E-state index < -0.39 is 37.4 Å². The van der Waals surface area contributed by atoms with Gasteiger partial charge in [-0.2, -0.15) is 4.98 Å². The molecule has 5 aromatic rings. The van der Waals surface area contributed by atoms with Crippen molar-refractivity contribution in [3.8, 4) is 5.88 Å². The van der Waals surface area contributed by atoms with Gasteiger partial charge in [-0.1, -0.05) is 29.3 Å². The third-order valence-corrected chi connectivity index (χ3v) is 14.3. The van der Waals surface area contributed by atoms with Crippen LogP contribution in [0.5, 0.6) is 5.88 Å². The molecule has 4 aliphatic rings. The number of pyridine rings is 1. The van der Waals surface area contributed by atoms with E-state index in [2.05, 4.69) is 24.8 Å². The van der Waals surface area contributed by atoms with Gasteiger partial charge in [-0.15, -0.1) is 0 Å². The minimum atomic E-state index is -4.61. The number of nitrogens with one attached hydrogen (secondary N) is 3. The number of ether oxygens (including phenoxy) is 2. The number of benzene rings is 3.